The normalized spacial score (nSPS) is 38.1. The van der Waals surface area contributed by atoms with Crippen LogP contribution in [0.4, 0.5) is 15.8 Å². The third-order valence-corrected chi connectivity index (χ3v) is 5.31. The smallest absolute Gasteiger partial charge is 0.228 e. The molecule has 4 heteroatoms. The third-order valence-electron chi connectivity index (χ3n) is 5.31. The molecule has 19 heavy (non-hydrogen) atoms. The number of rotatable bonds is 2. The number of halogens is 1. The number of nitrogens with two attached hydrogens (primary N) is 1. The molecule has 3 aliphatic carbocycles. The van der Waals surface area contributed by atoms with Gasteiger partial charge >= 0.3 is 0 Å². The summed E-state index contributed by atoms with van der Waals surface area (Å²) in [5.74, 6) is 2.51. The first kappa shape index (κ1) is 11.3. The van der Waals surface area contributed by atoms with Crippen molar-refractivity contribution in [1.82, 2.24) is 0 Å². The topological polar surface area (TPSA) is 55.1 Å². The Kier molecular flexibility index (Phi) is 2.20. The van der Waals surface area contributed by atoms with Crippen molar-refractivity contribution in [3.63, 3.8) is 0 Å². The first-order chi connectivity index (χ1) is 9.15. The van der Waals surface area contributed by atoms with Crippen molar-refractivity contribution in [2.75, 3.05) is 11.1 Å². The lowest BCUT2D eigenvalue weighted by molar-refractivity contribution is -0.118. The molecule has 3 N–H and O–H groups in total. The van der Waals surface area contributed by atoms with Crippen LogP contribution in [0.2, 0.25) is 0 Å². The monoisotopic (exact) mass is 260 g/mol. The number of carbonyl (C=O) groups excluding carboxylic acids is 1. The highest BCUT2D eigenvalue weighted by Crippen LogP contribution is 2.69. The molecule has 2 bridgehead atoms. The molecule has 3 nitrogen and oxygen atoms in total. The minimum atomic E-state index is -0.374. The Morgan fingerprint density at radius 1 is 1.26 bits per heavy atom. The van der Waals surface area contributed by atoms with E-state index in [1.54, 1.807) is 0 Å². The van der Waals surface area contributed by atoms with Gasteiger partial charge in [-0.1, -0.05) is 0 Å². The second-order valence-corrected chi connectivity index (χ2v) is 6.23. The Balaban J connectivity index is 1.50. The van der Waals surface area contributed by atoms with Gasteiger partial charge < -0.3 is 11.1 Å². The zero-order valence-electron chi connectivity index (χ0n) is 10.6. The van der Waals surface area contributed by atoms with Gasteiger partial charge in [0.05, 0.1) is 11.4 Å². The summed E-state index contributed by atoms with van der Waals surface area (Å²) in [5.41, 5.74) is 6.58. The van der Waals surface area contributed by atoms with Gasteiger partial charge in [0.2, 0.25) is 5.91 Å². The molecule has 4 rings (SSSR count). The number of benzene rings is 1. The first-order valence-electron chi connectivity index (χ1n) is 7.01. The van der Waals surface area contributed by atoms with Crippen LogP contribution < -0.4 is 11.1 Å². The molecule has 1 aromatic rings. The van der Waals surface area contributed by atoms with Gasteiger partial charge in [-0.15, -0.1) is 0 Å². The van der Waals surface area contributed by atoms with Crippen LogP contribution >= 0.6 is 0 Å². The molecule has 3 saturated carbocycles. The maximum absolute atomic E-state index is 13.2. The van der Waals surface area contributed by atoms with Gasteiger partial charge in [-0.25, -0.2) is 4.39 Å². The van der Waals surface area contributed by atoms with Crippen molar-refractivity contribution in [1.29, 1.82) is 0 Å². The van der Waals surface area contributed by atoms with E-state index in [1.807, 2.05) is 0 Å². The van der Waals surface area contributed by atoms with E-state index in [9.17, 15) is 9.18 Å². The number of carbonyl (C=O) groups is 1. The Hall–Kier alpha value is -1.58. The average Bonchev–Trinajstić information content (AvgIpc) is 2.83. The summed E-state index contributed by atoms with van der Waals surface area (Å²) < 4.78 is 13.2. The van der Waals surface area contributed by atoms with Crippen LogP contribution in [-0.4, -0.2) is 5.91 Å². The Bertz CT molecular complexity index is 543. The standard InChI is InChI=1S/C15H17FN2O/c16-9-3-4-10(17)11(6-9)18-15(19)14-12-7-1-2-8(5-7)13(12)14/h3-4,6-8,12-14H,1-2,5,17H2,(H,18,19). The van der Waals surface area contributed by atoms with Crippen LogP contribution in [0.1, 0.15) is 19.3 Å². The van der Waals surface area contributed by atoms with E-state index in [0.29, 0.717) is 23.2 Å². The van der Waals surface area contributed by atoms with Gasteiger partial charge in [-0.05, 0) is 61.1 Å². The molecule has 0 saturated heterocycles. The maximum atomic E-state index is 13.2. The van der Waals surface area contributed by atoms with E-state index in [-0.39, 0.29) is 17.6 Å². The molecule has 3 aliphatic rings. The Morgan fingerprint density at radius 3 is 2.63 bits per heavy atom. The summed E-state index contributed by atoms with van der Waals surface area (Å²) in [6.45, 7) is 0. The summed E-state index contributed by atoms with van der Waals surface area (Å²) in [4.78, 5) is 12.3. The summed E-state index contributed by atoms with van der Waals surface area (Å²) >= 11 is 0. The zero-order chi connectivity index (χ0) is 13.1. The van der Waals surface area contributed by atoms with Crippen molar-refractivity contribution >= 4 is 17.3 Å². The SMILES string of the molecule is Nc1ccc(F)cc1NC(=O)C1C2C3CCC(C3)C12. The number of hydrogen-bond acceptors (Lipinski definition) is 2. The number of hydrogen-bond donors (Lipinski definition) is 2. The first-order valence-corrected chi connectivity index (χ1v) is 7.01. The minimum Gasteiger partial charge on any atom is -0.397 e. The lowest BCUT2D eigenvalue weighted by Gasteiger charge is -2.11. The van der Waals surface area contributed by atoms with E-state index in [2.05, 4.69) is 5.32 Å². The molecule has 0 radical (unpaired) electrons. The Labute approximate surface area is 111 Å². The molecule has 0 aromatic heterocycles. The van der Waals surface area contributed by atoms with Crippen molar-refractivity contribution in [2.24, 2.45) is 29.6 Å². The van der Waals surface area contributed by atoms with E-state index < -0.39 is 0 Å². The zero-order valence-corrected chi connectivity index (χ0v) is 10.6. The van der Waals surface area contributed by atoms with Crippen LogP contribution in [0.5, 0.6) is 0 Å². The van der Waals surface area contributed by atoms with Gasteiger partial charge in [-0.3, -0.25) is 4.79 Å². The van der Waals surface area contributed by atoms with Crippen molar-refractivity contribution in [3.8, 4) is 0 Å². The van der Waals surface area contributed by atoms with Crippen LogP contribution in [-0.2, 0) is 4.79 Å². The Morgan fingerprint density at radius 2 is 1.95 bits per heavy atom. The highest BCUT2D eigenvalue weighted by atomic mass is 19.1. The number of anilines is 2. The van der Waals surface area contributed by atoms with Crippen molar-refractivity contribution < 1.29 is 9.18 Å². The van der Waals surface area contributed by atoms with Crippen LogP contribution in [0.15, 0.2) is 18.2 Å². The van der Waals surface area contributed by atoms with Crippen LogP contribution in [0.25, 0.3) is 0 Å². The number of nitrogen functional groups attached to an aromatic ring is 1. The molecule has 0 heterocycles. The summed E-state index contributed by atoms with van der Waals surface area (Å²) in [6, 6.07) is 4.08. The minimum absolute atomic E-state index is 0.0314. The lowest BCUT2D eigenvalue weighted by atomic mass is 10.0. The van der Waals surface area contributed by atoms with E-state index in [0.717, 1.165) is 11.8 Å². The quantitative estimate of drug-likeness (QED) is 0.803. The molecular formula is C15H17FN2O. The predicted molar refractivity (Wildman–Crippen MR) is 70.7 cm³/mol. The second-order valence-electron chi connectivity index (χ2n) is 6.23. The second kappa shape index (κ2) is 3.71. The molecule has 1 aromatic carbocycles. The third kappa shape index (κ3) is 1.58. The molecule has 4 unspecified atom stereocenters. The van der Waals surface area contributed by atoms with E-state index >= 15 is 0 Å². The van der Waals surface area contributed by atoms with Gasteiger partial charge in [-0.2, -0.15) is 0 Å². The molecule has 0 spiro atoms. The molecule has 3 fully saturated rings. The largest absolute Gasteiger partial charge is 0.397 e. The fraction of sp³-hybridized carbons (Fsp3) is 0.533. The molecule has 0 aliphatic heterocycles. The lowest BCUT2D eigenvalue weighted by Crippen LogP contribution is -2.19. The molecule has 4 atom stereocenters. The molecule has 100 valence electrons. The van der Waals surface area contributed by atoms with Crippen LogP contribution in [0.3, 0.4) is 0 Å². The number of nitrogens with one attached hydrogen (secondary N) is 1. The molecular weight excluding hydrogens is 243 g/mol. The van der Waals surface area contributed by atoms with Crippen molar-refractivity contribution in [2.45, 2.75) is 19.3 Å². The number of fused-ring (bicyclic) bond motifs is 5. The van der Waals surface area contributed by atoms with Gasteiger partial charge in [0.25, 0.3) is 0 Å². The van der Waals surface area contributed by atoms with E-state index in [1.165, 1.54) is 37.5 Å². The van der Waals surface area contributed by atoms with Gasteiger partial charge in [0.1, 0.15) is 5.82 Å². The highest BCUT2D eigenvalue weighted by molar-refractivity contribution is 5.97. The fourth-order valence-corrected chi connectivity index (χ4v) is 4.53. The summed E-state index contributed by atoms with van der Waals surface area (Å²) in [5, 5.41) is 2.81. The van der Waals surface area contributed by atoms with Crippen molar-refractivity contribution in [3.05, 3.63) is 24.0 Å². The fourth-order valence-electron chi connectivity index (χ4n) is 4.53. The predicted octanol–water partition coefficient (Wildman–Crippen LogP) is 2.64. The summed E-state index contributed by atoms with van der Waals surface area (Å²) in [6.07, 6.45) is 3.90. The number of amides is 1. The maximum Gasteiger partial charge on any atom is 0.228 e. The van der Waals surface area contributed by atoms with Gasteiger partial charge in [0.15, 0.2) is 0 Å². The van der Waals surface area contributed by atoms with E-state index in [4.69, 9.17) is 5.73 Å². The van der Waals surface area contributed by atoms with Crippen LogP contribution in [0, 0.1) is 35.4 Å². The summed E-state index contributed by atoms with van der Waals surface area (Å²) in [7, 11) is 0. The highest BCUT2D eigenvalue weighted by Gasteiger charge is 2.67. The average molecular weight is 260 g/mol. The van der Waals surface area contributed by atoms with Gasteiger partial charge in [0, 0.05) is 5.92 Å². The molecule has 1 amide bonds.